The molecule has 1 amide bonds. The van der Waals surface area contributed by atoms with Gasteiger partial charge in [-0.05, 0) is 30.4 Å². The number of halogens is 3. The predicted molar refractivity (Wildman–Crippen MR) is 108 cm³/mol. The highest BCUT2D eigenvalue weighted by atomic mass is 35.6. The highest BCUT2D eigenvalue weighted by Gasteiger charge is 2.59. The van der Waals surface area contributed by atoms with Gasteiger partial charge in [0.25, 0.3) is 0 Å². The number of piperidine rings is 1. The van der Waals surface area contributed by atoms with Crippen molar-refractivity contribution in [2.45, 2.75) is 48.7 Å². The Kier molecular flexibility index (Phi) is 5.73. The standard InChI is InChI=1S/C20H24Cl3NO3/c1-3-16(25)19-10-11-24(17(26)27-13-20(21,22)23)12-18(19,2)9-8-14-6-4-5-7-15(14)19/h4-7H,3,8-13H2,1-2H3/t18-,19-/m0/s1. The number of carbonyl (C=O) groups is 2. The molecule has 0 N–H and O–H groups in total. The Bertz CT molecular complexity index is 748. The van der Waals surface area contributed by atoms with Crippen molar-refractivity contribution in [1.29, 1.82) is 0 Å². The second-order valence-corrected chi connectivity index (χ2v) is 10.3. The van der Waals surface area contributed by atoms with Crippen molar-refractivity contribution in [2.75, 3.05) is 19.7 Å². The fourth-order valence-electron chi connectivity index (χ4n) is 4.88. The predicted octanol–water partition coefficient (Wildman–Crippen LogP) is 5.07. The molecular weight excluding hydrogens is 409 g/mol. The molecule has 1 aliphatic heterocycles. The first-order valence-corrected chi connectivity index (χ1v) is 10.4. The Hall–Kier alpha value is -0.970. The summed E-state index contributed by atoms with van der Waals surface area (Å²) in [7, 11) is 0. The van der Waals surface area contributed by atoms with Crippen molar-refractivity contribution in [3.05, 3.63) is 35.4 Å². The first-order chi connectivity index (χ1) is 12.6. The summed E-state index contributed by atoms with van der Waals surface area (Å²) in [5.74, 6) is 0.242. The number of hydrogen-bond donors (Lipinski definition) is 0. The molecule has 1 fully saturated rings. The van der Waals surface area contributed by atoms with Crippen LogP contribution in [0.25, 0.3) is 0 Å². The van der Waals surface area contributed by atoms with Crippen LogP contribution in [0.1, 0.15) is 44.2 Å². The largest absolute Gasteiger partial charge is 0.445 e. The molecule has 1 aliphatic carbocycles. The number of benzene rings is 1. The Balaban J connectivity index is 1.91. The van der Waals surface area contributed by atoms with E-state index in [1.54, 1.807) is 4.90 Å². The number of alkyl halides is 3. The molecule has 2 atom stereocenters. The highest BCUT2D eigenvalue weighted by molar-refractivity contribution is 6.67. The third-order valence-electron chi connectivity index (χ3n) is 6.16. The van der Waals surface area contributed by atoms with Gasteiger partial charge in [-0.3, -0.25) is 4.79 Å². The van der Waals surface area contributed by atoms with Gasteiger partial charge in [0.15, 0.2) is 0 Å². The monoisotopic (exact) mass is 431 g/mol. The summed E-state index contributed by atoms with van der Waals surface area (Å²) in [6.45, 7) is 4.62. The number of carbonyl (C=O) groups excluding carboxylic acids is 2. The van der Waals surface area contributed by atoms with Crippen molar-refractivity contribution in [2.24, 2.45) is 5.41 Å². The summed E-state index contributed by atoms with van der Waals surface area (Å²) in [4.78, 5) is 27.4. The fraction of sp³-hybridized carbons (Fsp3) is 0.600. The number of fused-ring (bicyclic) bond motifs is 3. The number of ketones is 1. The molecule has 2 aliphatic rings. The van der Waals surface area contributed by atoms with Crippen LogP contribution in [0.5, 0.6) is 0 Å². The number of ether oxygens (including phenoxy) is 1. The number of rotatable bonds is 3. The molecule has 1 saturated heterocycles. The second kappa shape index (κ2) is 7.46. The van der Waals surface area contributed by atoms with E-state index in [0.717, 1.165) is 18.4 Å². The van der Waals surface area contributed by atoms with Crippen LogP contribution in [-0.2, 0) is 21.4 Å². The van der Waals surface area contributed by atoms with Crippen LogP contribution in [0, 0.1) is 5.41 Å². The molecule has 27 heavy (non-hydrogen) atoms. The molecule has 4 nitrogen and oxygen atoms in total. The fourth-order valence-corrected chi connectivity index (χ4v) is 5.04. The Labute approximate surface area is 175 Å². The Morgan fingerprint density at radius 2 is 1.93 bits per heavy atom. The molecule has 7 heteroatoms. The number of likely N-dealkylation sites (tertiary alicyclic amines) is 1. The lowest BCUT2D eigenvalue weighted by Crippen LogP contribution is -2.63. The molecule has 0 spiro atoms. The normalized spacial score (nSPS) is 27.5. The van der Waals surface area contributed by atoms with Gasteiger partial charge in [0.05, 0.1) is 5.41 Å². The minimum Gasteiger partial charge on any atom is -0.445 e. The minimum atomic E-state index is -1.64. The summed E-state index contributed by atoms with van der Waals surface area (Å²) in [6, 6.07) is 8.21. The topological polar surface area (TPSA) is 46.6 Å². The average Bonchev–Trinajstić information content (AvgIpc) is 2.63. The molecule has 0 radical (unpaired) electrons. The van der Waals surface area contributed by atoms with Gasteiger partial charge in [0, 0.05) is 24.9 Å². The van der Waals surface area contributed by atoms with E-state index < -0.39 is 15.3 Å². The zero-order valence-corrected chi connectivity index (χ0v) is 17.8. The molecule has 1 heterocycles. The number of amides is 1. The summed E-state index contributed by atoms with van der Waals surface area (Å²) in [5, 5.41) is 0. The zero-order valence-electron chi connectivity index (χ0n) is 15.6. The van der Waals surface area contributed by atoms with E-state index >= 15 is 0 Å². The summed E-state index contributed by atoms with van der Waals surface area (Å²) in [5.41, 5.74) is 1.44. The smallest absolute Gasteiger partial charge is 0.409 e. The molecule has 0 bridgehead atoms. The van der Waals surface area contributed by atoms with E-state index in [2.05, 4.69) is 19.1 Å². The molecular formula is C20H24Cl3NO3. The van der Waals surface area contributed by atoms with Crippen LogP contribution in [0.4, 0.5) is 4.79 Å². The molecule has 0 unspecified atom stereocenters. The van der Waals surface area contributed by atoms with Gasteiger partial charge < -0.3 is 9.64 Å². The van der Waals surface area contributed by atoms with Crippen LogP contribution >= 0.6 is 34.8 Å². The first kappa shape index (κ1) is 20.8. The quantitative estimate of drug-likeness (QED) is 0.627. The maximum Gasteiger partial charge on any atom is 0.409 e. The third kappa shape index (κ3) is 3.68. The van der Waals surface area contributed by atoms with E-state index in [-0.39, 0.29) is 17.8 Å². The Morgan fingerprint density at radius 3 is 2.59 bits per heavy atom. The molecule has 1 aromatic carbocycles. The van der Waals surface area contributed by atoms with Crippen LogP contribution in [-0.4, -0.2) is 40.3 Å². The molecule has 0 saturated carbocycles. The van der Waals surface area contributed by atoms with Crippen LogP contribution in [0.15, 0.2) is 24.3 Å². The summed E-state index contributed by atoms with van der Waals surface area (Å²) in [6.07, 6.45) is 2.28. The SMILES string of the molecule is CCC(=O)[C@@]12CCN(C(=O)OCC(Cl)(Cl)Cl)C[C@]1(C)CCc1ccccc12. The van der Waals surface area contributed by atoms with Gasteiger partial charge in [-0.15, -0.1) is 0 Å². The van der Waals surface area contributed by atoms with Crippen molar-refractivity contribution in [3.63, 3.8) is 0 Å². The number of nitrogens with zero attached hydrogens (tertiary/aromatic N) is 1. The van der Waals surface area contributed by atoms with Crippen LogP contribution < -0.4 is 0 Å². The zero-order chi connectivity index (χ0) is 19.9. The number of aryl methyl sites for hydroxylation is 1. The lowest BCUT2D eigenvalue weighted by atomic mass is 9.50. The second-order valence-electron chi connectivity index (χ2n) is 7.74. The molecule has 1 aromatic rings. The van der Waals surface area contributed by atoms with Crippen molar-refractivity contribution < 1.29 is 14.3 Å². The van der Waals surface area contributed by atoms with E-state index in [1.807, 2.05) is 19.1 Å². The van der Waals surface area contributed by atoms with Crippen molar-refractivity contribution in [3.8, 4) is 0 Å². The summed E-state index contributed by atoms with van der Waals surface area (Å²) < 4.78 is 3.53. The van der Waals surface area contributed by atoms with Gasteiger partial charge in [0.1, 0.15) is 12.4 Å². The van der Waals surface area contributed by atoms with Gasteiger partial charge in [-0.2, -0.15) is 0 Å². The lowest BCUT2D eigenvalue weighted by Gasteiger charge is -2.57. The third-order valence-corrected chi connectivity index (χ3v) is 6.49. The van der Waals surface area contributed by atoms with E-state index in [1.165, 1.54) is 5.56 Å². The summed E-state index contributed by atoms with van der Waals surface area (Å²) >= 11 is 17.1. The minimum absolute atomic E-state index is 0.242. The van der Waals surface area contributed by atoms with Gasteiger partial charge >= 0.3 is 6.09 Å². The van der Waals surface area contributed by atoms with E-state index in [9.17, 15) is 9.59 Å². The van der Waals surface area contributed by atoms with Crippen molar-refractivity contribution in [1.82, 2.24) is 4.90 Å². The first-order valence-electron chi connectivity index (χ1n) is 9.23. The van der Waals surface area contributed by atoms with Gasteiger partial charge in [-0.25, -0.2) is 4.79 Å². The number of Topliss-reactive ketones (excluding diaryl/α,β-unsaturated/α-hetero) is 1. The van der Waals surface area contributed by atoms with Gasteiger partial charge in [-0.1, -0.05) is 72.9 Å². The maximum absolute atomic E-state index is 13.2. The van der Waals surface area contributed by atoms with E-state index in [0.29, 0.717) is 25.9 Å². The number of hydrogen-bond acceptors (Lipinski definition) is 3. The van der Waals surface area contributed by atoms with Crippen LogP contribution in [0.3, 0.4) is 0 Å². The molecule has 3 rings (SSSR count). The molecule has 0 aromatic heterocycles. The lowest BCUT2D eigenvalue weighted by molar-refractivity contribution is -0.134. The van der Waals surface area contributed by atoms with Crippen molar-refractivity contribution >= 4 is 46.7 Å². The van der Waals surface area contributed by atoms with Crippen LogP contribution in [0.2, 0.25) is 0 Å². The highest BCUT2D eigenvalue weighted by Crippen LogP contribution is 2.55. The average molecular weight is 433 g/mol. The van der Waals surface area contributed by atoms with E-state index in [4.69, 9.17) is 39.5 Å². The molecule has 148 valence electrons. The van der Waals surface area contributed by atoms with Gasteiger partial charge in [0.2, 0.25) is 3.79 Å². The Morgan fingerprint density at radius 1 is 1.22 bits per heavy atom. The maximum atomic E-state index is 13.2.